The van der Waals surface area contributed by atoms with Crippen molar-refractivity contribution in [3.63, 3.8) is 0 Å². The standard InChI is InChI=1S/C24H26N4O5S/c1-27-16-19(15-26-27)18-9-17-10-20(5-6-24(17)25-14-18)28(7-8-33-34(4,29)30)21-11-22(31-2)13-23(12-21)32-3/h5-6,9-16H,7-8H2,1-4H3. The zero-order chi connectivity index (χ0) is 24.3. The number of aryl methyl sites for hydroxylation is 1. The van der Waals surface area contributed by atoms with Crippen LogP contribution in [0.5, 0.6) is 11.5 Å². The number of methoxy groups -OCH3 is 2. The third-order valence-electron chi connectivity index (χ3n) is 5.27. The lowest BCUT2D eigenvalue weighted by atomic mass is 10.1. The Kier molecular flexibility index (Phi) is 6.71. The third-order valence-corrected chi connectivity index (χ3v) is 5.87. The summed E-state index contributed by atoms with van der Waals surface area (Å²) in [7, 11) is 1.46. The van der Waals surface area contributed by atoms with Crippen LogP contribution in [0.1, 0.15) is 0 Å². The number of hydrogen-bond acceptors (Lipinski definition) is 8. The van der Waals surface area contributed by atoms with Gasteiger partial charge in [-0.05, 0) is 24.3 Å². The molecule has 2 aromatic carbocycles. The summed E-state index contributed by atoms with van der Waals surface area (Å²) in [6.07, 6.45) is 6.59. The summed E-state index contributed by atoms with van der Waals surface area (Å²) in [4.78, 5) is 6.54. The molecule has 9 nitrogen and oxygen atoms in total. The van der Waals surface area contributed by atoms with E-state index in [2.05, 4.69) is 16.1 Å². The maximum atomic E-state index is 11.5. The van der Waals surface area contributed by atoms with Crippen molar-refractivity contribution in [1.82, 2.24) is 14.8 Å². The Bertz CT molecular complexity index is 1400. The minimum atomic E-state index is -3.57. The SMILES string of the molecule is COc1cc(OC)cc(N(CCOS(C)(=O)=O)c2ccc3ncc(-c4cnn(C)c4)cc3c2)c1. The molecule has 10 heteroatoms. The van der Waals surface area contributed by atoms with Crippen molar-refractivity contribution in [3.8, 4) is 22.6 Å². The number of fused-ring (bicyclic) bond motifs is 1. The summed E-state index contributed by atoms with van der Waals surface area (Å²) >= 11 is 0. The van der Waals surface area contributed by atoms with Gasteiger partial charge in [-0.15, -0.1) is 0 Å². The van der Waals surface area contributed by atoms with Gasteiger partial charge < -0.3 is 14.4 Å². The van der Waals surface area contributed by atoms with E-state index in [-0.39, 0.29) is 13.2 Å². The van der Waals surface area contributed by atoms with Crippen LogP contribution in [0.2, 0.25) is 0 Å². The lowest BCUT2D eigenvalue weighted by Crippen LogP contribution is -2.23. The van der Waals surface area contributed by atoms with Crippen LogP contribution in [0.3, 0.4) is 0 Å². The van der Waals surface area contributed by atoms with E-state index in [1.807, 2.05) is 54.7 Å². The van der Waals surface area contributed by atoms with Crippen molar-refractivity contribution in [2.75, 3.05) is 38.5 Å². The number of ether oxygens (including phenoxy) is 2. The topological polar surface area (TPSA) is 95.8 Å². The number of anilines is 2. The minimum Gasteiger partial charge on any atom is -0.497 e. The van der Waals surface area contributed by atoms with E-state index in [1.54, 1.807) is 31.2 Å². The second-order valence-corrected chi connectivity index (χ2v) is 9.40. The summed E-state index contributed by atoms with van der Waals surface area (Å²) in [6.45, 7) is 0.259. The maximum Gasteiger partial charge on any atom is 0.264 e. The average molecular weight is 483 g/mol. The van der Waals surface area contributed by atoms with Crippen LogP contribution in [-0.4, -0.2) is 56.8 Å². The van der Waals surface area contributed by atoms with Gasteiger partial charge in [-0.1, -0.05) is 0 Å². The molecule has 0 fully saturated rings. The van der Waals surface area contributed by atoms with E-state index in [0.29, 0.717) is 11.5 Å². The molecule has 0 saturated carbocycles. The van der Waals surface area contributed by atoms with Crippen LogP contribution in [0.15, 0.2) is 61.1 Å². The Labute approximate surface area is 198 Å². The molecule has 0 aliphatic heterocycles. The summed E-state index contributed by atoms with van der Waals surface area (Å²) in [5.74, 6) is 1.23. The zero-order valence-electron chi connectivity index (χ0n) is 19.4. The first-order chi connectivity index (χ1) is 16.3. The van der Waals surface area contributed by atoms with Gasteiger partial charge in [0.1, 0.15) is 11.5 Å². The molecule has 0 atom stereocenters. The van der Waals surface area contributed by atoms with Crippen LogP contribution in [0.4, 0.5) is 11.4 Å². The van der Waals surface area contributed by atoms with Gasteiger partial charge in [0.2, 0.25) is 0 Å². The molecule has 0 amide bonds. The Hall–Kier alpha value is -3.63. The highest BCUT2D eigenvalue weighted by atomic mass is 32.2. The molecule has 0 spiro atoms. The van der Waals surface area contributed by atoms with E-state index in [9.17, 15) is 8.42 Å². The summed E-state index contributed by atoms with van der Waals surface area (Å²) in [5, 5.41) is 5.17. The largest absolute Gasteiger partial charge is 0.497 e. The molecule has 4 rings (SSSR count). The lowest BCUT2D eigenvalue weighted by Gasteiger charge is -2.26. The first-order valence-corrected chi connectivity index (χ1v) is 12.3. The second kappa shape index (κ2) is 9.70. The monoisotopic (exact) mass is 482 g/mol. The number of nitrogens with zero attached hydrogens (tertiary/aromatic N) is 4. The number of benzene rings is 2. The first-order valence-electron chi connectivity index (χ1n) is 10.5. The molecular weight excluding hydrogens is 456 g/mol. The fraction of sp³-hybridized carbons (Fsp3) is 0.250. The molecular formula is C24H26N4O5S. The molecule has 34 heavy (non-hydrogen) atoms. The van der Waals surface area contributed by atoms with Crippen LogP contribution in [0.25, 0.3) is 22.0 Å². The van der Waals surface area contributed by atoms with E-state index in [4.69, 9.17) is 13.7 Å². The van der Waals surface area contributed by atoms with E-state index in [0.717, 1.165) is 39.7 Å². The van der Waals surface area contributed by atoms with Crippen molar-refractivity contribution >= 4 is 32.4 Å². The number of rotatable bonds is 9. The zero-order valence-corrected chi connectivity index (χ0v) is 20.2. The maximum absolute atomic E-state index is 11.5. The highest BCUT2D eigenvalue weighted by molar-refractivity contribution is 7.85. The van der Waals surface area contributed by atoms with E-state index >= 15 is 0 Å². The number of pyridine rings is 1. The van der Waals surface area contributed by atoms with Crippen molar-refractivity contribution in [2.24, 2.45) is 7.05 Å². The molecule has 2 aromatic heterocycles. The van der Waals surface area contributed by atoms with Crippen molar-refractivity contribution in [3.05, 3.63) is 61.1 Å². The van der Waals surface area contributed by atoms with E-state index < -0.39 is 10.1 Å². The van der Waals surface area contributed by atoms with Crippen molar-refractivity contribution in [2.45, 2.75) is 0 Å². The molecule has 0 aliphatic carbocycles. The van der Waals surface area contributed by atoms with Gasteiger partial charge in [0.05, 0.1) is 38.8 Å². The average Bonchev–Trinajstić information content (AvgIpc) is 3.26. The Morgan fingerprint density at radius 3 is 2.29 bits per heavy atom. The Morgan fingerprint density at radius 1 is 0.941 bits per heavy atom. The lowest BCUT2D eigenvalue weighted by molar-refractivity contribution is 0.330. The highest BCUT2D eigenvalue weighted by Gasteiger charge is 2.15. The van der Waals surface area contributed by atoms with E-state index in [1.165, 1.54) is 0 Å². The van der Waals surface area contributed by atoms with Gasteiger partial charge in [-0.2, -0.15) is 13.5 Å². The fourth-order valence-corrected chi connectivity index (χ4v) is 4.03. The second-order valence-electron chi connectivity index (χ2n) is 7.75. The van der Waals surface area contributed by atoms with Gasteiger partial charge in [0.15, 0.2) is 0 Å². The summed E-state index contributed by atoms with van der Waals surface area (Å²) in [5.41, 5.74) is 4.37. The fourth-order valence-electron chi connectivity index (χ4n) is 3.65. The van der Waals surface area contributed by atoms with Gasteiger partial charge in [0.25, 0.3) is 10.1 Å². The highest BCUT2D eigenvalue weighted by Crippen LogP contribution is 2.34. The predicted molar refractivity (Wildman–Crippen MR) is 131 cm³/mol. The molecule has 2 heterocycles. The molecule has 0 aliphatic rings. The summed E-state index contributed by atoms with van der Waals surface area (Å²) in [6, 6.07) is 13.4. The Balaban J connectivity index is 1.77. The molecule has 4 aromatic rings. The molecule has 0 N–H and O–H groups in total. The molecule has 0 unspecified atom stereocenters. The number of hydrogen-bond donors (Lipinski definition) is 0. The molecule has 0 radical (unpaired) electrons. The van der Waals surface area contributed by atoms with Crippen molar-refractivity contribution in [1.29, 1.82) is 0 Å². The quantitative estimate of drug-likeness (QED) is 0.333. The first kappa shape index (κ1) is 23.5. The predicted octanol–water partition coefficient (Wildman–Crippen LogP) is 3.77. The normalized spacial score (nSPS) is 11.5. The van der Waals surface area contributed by atoms with Crippen molar-refractivity contribution < 1.29 is 22.1 Å². The summed E-state index contributed by atoms with van der Waals surface area (Å²) < 4.78 is 40.7. The van der Waals surface area contributed by atoms with Crippen LogP contribution in [-0.2, 0) is 21.3 Å². The Morgan fingerprint density at radius 2 is 1.68 bits per heavy atom. The smallest absolute Gasteiger partial charge is 0.264 e. The number of aromatic nitrogens is 3. The van der Waals surface area contributed by atoms with Crippen LogP contribution in [0, 0.1) is 0 Å². The van der Waals surface area contributed by atoms with Gasteiger partial charge >= 0.3 is 0 Å². The van der Waals surface area contributed by atoms with Crippen LogP contribution >= 0.6 is 0 Å². The minimum absolute atomic E-state index is 0.0234. The van der Waals surface area contributed by atoms with Gasteiger partial charge in [-0.25, -0.2) is 0 Å². The molecule has 0 bridgehead atoms. The third kappa shape index (κ3) is 5.46. The molecule has 0 saturated heterocycles. The van der Waals surface area contributed by atoms with Gasteiger partial charge in [-0.3, -0.25) is 13.8 Å². The van der Waals surface area contributed by atoms with Crippen LogP contribution < -0.4 is 14.4 Å². The van der Waals surface area contributed by atoms with Gasteiger partial charge in [0, 0.05) is 72.1 Å². The molecule has 178 valence electrons.